The Balaban J connectivity index is 0.00000641. The number of anilines is 1. The molecule has 4 aromatic rings. The van der Waals surface area contributed by atoms with E-state index in [4.69, 9.17) is 37.1 Å². The molecule has 7 unspecified atom stereocenters. The van der Waals surface area contributed by atoms with Gasteiger partial charge in [-0.15, -0.1) is 39.3 Å². The zero-order chi connectivity index (χ0) is 41.8. The molecule has 5 nitrogen and oxygen atoms in total. The van der Waals surface area contributed by atoms with Crippen LogP contribution in [-0.4, -0.2) is 62.0 Å². The molecule has 2 N–H and O–H groups in total. The van der Waals surface area contributed by atoms with Gasteiger partial charge in [0.25, 0.3) is 0 Å². The average molecular weight is 975 g/mol. The Morgan fingerprint density at radius 1 is 0.759 bits per heavy atom. The summed E-state index contributed by atoms with van der Waals surface area (Å²) in [5.41, 5.74) is 29.4. The molecule has 6 rings (SSSR count). The molecule has 2 aromatic carbocycles. The molecule has 58 heavy (non-hydrogen) atoms. The Labute approximate surface area is 418 Å². The van der Waals surface area contributed by atoms with E-state index in [1.807, 2.05) is 0 Å². The van der Waals surface area contributed by atoms with Crippen LogP contribution in [0.2, 0.25) is 5.82 Å². The largest absolute Gasteiger partial charge is 1.00 e. The predicted molar refractivity (Wildman–Crippen MR) is 268 cm³/mol. The van der Waals surface area contributed by atoms with Gasteiger partial charge in [-0.3, -0.25) is 0 Å². The summed E-state index contributed by atoms with van der Waals surface area (Å²) < 4.78 is 10.9. The maximum atomic E-state index is 7.38. The monoisotopic (exact) mass is 975 g/mol. The van der Waals surface area contributed by atoms with Gasteiger partial charge in [0.15, 0.2) is 0 Å². The number of aryl methyl sites for hydroxylation is 3. The number of nitrogen functional groups attached to an aromatic ring is 1. The Morgan fingerprint density at radius 2 is 1.31 bits per heavy atom. The van der Waals surface area contributed by atoms with Crippen molar-refractivity contribution in [3.8, 4) is 11.1 Å². The first-order valence-electron chi connectivity index (χ1n) is 19.8. The van der Waals surface area contributed by atoms with Crippen LogP contribution >= 0.6 is 57.5 Å². The summed E-state index contributed by atoms with van der Waals surface area (Å²) >= 11 is 2.60. The van der Waals surface area contributed by atoms with Crippen molar-refractivity contribution in [2.75, 3.05) is 12.3 Å². The van der Waals surface area contributed by atoms with Gasteiger partial charge in [-0.2, -0.15) is 11.6 Å². The molecule has 4 heterocycles. The van der Waals surface area contributed by atoms with Crippen LogP contribution < -0.4 is 68.0 Å². The molecule has 0 saturated heterocycles. The Morgan fingerprint density at radius 3 is 1.79 bits per heavy atom. The molecule has 0 bridgehead atoms. The minimum atomic E-state index is 0. The molecular weight excluding hydrogens is 920 g/mol. The number of hydrogen-bond donors (Lipinski definition) is 1. The number of rotatable bonds is 13. The van der Waals surface area contributed by atoms with E-state index in [1.54, 1.807) is 0 Å². The van der Waals surface area contributed by atoms with Gasteiger partial charge in [-0.05, 0) is 155 Å². The molecular formula is C43H55B4IKN5P4. The summed E-state index contributed by atoms with van der Waals surface area (Å²) in [5.74, 6) is 0.403. The summed E-state index contributed by atoms with van der Waals surface area (Å²) in [7, 11) is 28.3. The molecule has 15 heteroatoms. The van der Waals surface area contributed by atoms with Crippen molar-refractivity contribution < 1.29 is 51.4 Å². The van der Waals surface area contributed by atoms with E-state index in [2.05, 4.69) is 141 Å². The summed E-state index contributed by atoms with van der Waals surface area (Å²) in [6.07, 6.45) is 10.1. The molecule has 0 amide bonds. The first-order valence-corrected chi connectivity index (χ1v) is 25.5. The van der Waals surface area contributed by atoms with Gasteiger partial charge in [0, 0.05) is 66.3 Å². The second-order valence-corrected chi connectivity index (χ2v) is 22.0. The van der Waals surface area contributed by atoms with Crippen molar-refractivity contribution in [1.82, 2.24) is 18.0 Å². The quantitative estimate of drug-likeness (QED) is 0.0582. The second-order valence-electron chi connectivity index (χ2n) is 16.2. The molecule has 0 saturated carbocycles. The van der Waals surface area contributed by atoms with Crippen molar-refractivity contribution in [3.05, 3.63) is 106 Å². The average Bonchev–Trinajstić information content (AvgIpc) is 3.77. The number of halogens is 1. The van der Waals surface area contributed by atoms with Gasteiger partial charge in [0.1, 0.15) is 23.5 Å². The molecule has 2 aromatic heterocycles. The van der Waals surface area contributed by atoms with Crippen LogP contribution in [0.25, 0.3) is 11.1 Å². The van der Waals surface area contributed by atoms with Crippen molar-refractivity contribution in [2.24, 2.45) is 5.92 Å². The van der Waals surface area contributed by atoms with Crippen molar-refractivity contribution in [1.29, 1.82) is 0 Å². The second kappa shape index (κ2) is 20.4. The summed E-state index contributed by atoms with van der Waals surface area (Å²) in [4.78, 5) is 0. The van der Waals surface area contributed by atoms with Crippen LogP contribution in [0.3, 0.4) is 0 Å². The van der Waals surface area contributed by atoms with Crippen LogP contribution in [0.15, 0.2) is 35.3 Å². The van der Waals surface area contributed by atoms with E-state index in [9.17, 15) is 0 Å². The standard InChI is InChI=1S/C43H55B4IN5P4.K/c1-21-12-32(17-54-50-13-22(2)38(44)28(50)8)36(34(42(21)48)19-56-52-15-24(4)40(46)30(52)10)37-33(18-55-51-14-23(3)39(45)29(51)9)26(6)27(7)43(49)35(37)20-57-53-16-25(5)41(47)31(53)11;/h13-14,16,24,28,38,54-57H,15,17-20,49H2,1-11H3;/q-1;+1. The third-order valence-corrected chi connectivity index (χ3v) is 19.4. The van der Waals surface area contributed by atoms with Crippen LogP contribution in [0, 0.1) is 64.0 Å². The number of allylic oxidation sites excluding steroid dienone is 1. The molecule has 292 valence electrons. The zero-order valence-corrected chi connectivity index (χ0v) is 45.8. The van der Waals surface area contributed by atoms with E-state index >= 15 is 0 Å². The molecule has 7 atom stereocenters. The minimum absolute atomic E-state index is 0. The molecule has 2 aliphatic heterocycles. The Hall–Kier alpha value is 0.226. The maximum absolute atomic E-state index is 7.38. The predicted octanol–water partition coefficient (Wildman–Crippen LogP) is 6.08. The van der Waals surface area contributed by atoms with E-state index in [0.717, 1.165) is 75.8 Å². The van der Waals surface area contributed by atoms with E-state index in [0.29, 0.717) is 40.8 Å². The summed E-state index contributed by atoms with van der Waals surface area (Å²) in [6.45, 7) is 24.9. The van der Waals surface area contributed by atoms with Crippen LogP contribution in [0.5, 0.6) is 0 Å². The van der Waals surface area contributed by atoms with E-state index < -0.39 is 0 Å². The fraction of sp³-hybridized carbons (Fsp3) is 0.442. The van der Waals surface area contributed by atoms with Crippen LogP contribution in [0.1, 0.15) is 89.2 Å². The third kappa shape index (κ3) is 9.81. The first-order chi connectivity index (χ1) is 26.8. The van der Waals surface area contributed by atoms with E-state index in [1.165, 1.54) is 64.9 Å². The van der Waals surface area contributed by atoms with Crippen molar-refractivity contribution >= 4 is 106 Å². The summed E-state index contributed by atoms with van der Waals surface area (Å²) in [5, 5.41) is 0. The first kappa shape index (κ1) is 49.2. The van der Waals surface area contributed by atoms with Crippen LogP contribution in [0.4, 0.5) is 5.69 Å². The minimum Gasteiger partial charge on any atom is -0.398 e. The van der Waals surface area contributed by atoms with Crippen molar-refractivity contribution in [2.45, 2.75) is 113 Å². The van der Waals surface area contributed by atoms with Gasteiger partial charge in [0.2, 0.25) is 0 Å². The molecule has 0 aliphatic carbocycles. The smallest absolute Gasteiger partial charge is 0.398 e. The zero-order valence-electron chi connectivity index (χ0n) is 36.6. The third-order valence-electron chi connectivity index (χ3n) is 12.5. The van der Waals surface area contributed by atoms with Gasteiger partial charge in [-0.25, -0.2) is 0 Å². The SMILES string of the molecule is [B]C1=C(C)N(PCc2c(I)c(C)[c-]c(CPN3C=C(C)C([B])C3C)c2-c2c(CPn3cc(C)c([B])c3C)c(C)c(C)c(N)c2CPn2cc(C)c([B])c2C)CC1C.[K+]. The Bertz CT molecular complexity index is 2210. The molecule has 0 fully saturated rings. The molecule has 8 radical (unpaired) electrons. The topological polar surface area (TPSA) is 42.4 Å². The number of aromatic nitrogens is 2. The fourth-order valence-electron chi connectivity index (χ4n) is 8.25. The van der Waals surface area contributed by atoms with Crippen molar-refractivity contribution in [3.63, 3.8) is 0 Å². The fourth-order valence-corrected chi connectivity index (χ4v) is 14.8. The van der Waals surface area contributed by atoms with E-state index in [-0.39, 0.29) is 63.2 Å². The van der Waals surface area contributed by atoms with Gasteiger partial charge >= 0.3 is 51.4 Å². The van der Waals surface area contributed by atoms with Gasteiger partial charge < -0.3 is 23.7 Å². The Kier molecular flexibility index (Phi) is 17.3. The maximum Gasteiger partial charge on any atom is 1.00 e. The van der Waals surface area contributed by atoms with Crippen LogP contribution in [-0.2, 0) is 24.6 Å². The number of hydrogen-bond acceptors (Lipinski definition) is 3. The number of benzene rings is 2. The molecule has 2 aliphatic rings. The molecule has 0 spiro atoms. The van der Waals surface area contributed by atoms with Gasteiger partial charge in [0.05, 0.1) is 7.85 Å². The normalized spacial score (nSPS) is 19.0. The van der Waals surface area contributed by atoms with Gasteiger partial charge in [-0.1, -0.05) is 45.0 Å². The number of nitrogens with zero attached hydrogens (tertiary/aromatic N) is 4. The number of nitrogens with two attached hydrogens (primary N) is 1. The summed E-state index contributed by atoms with van der Waals surface area (Å²) in [6, 6.07) is 4.24.